The number of nitrogens with zero attached hydrogens (tertiary/aromatic N) is 5. The number of β-amino-alcohol motifs (C(OH)–C–C–N with tert-alkyl or cyclic N) is 1. The summed E-state index contributed by atoms with van der Waals surface area (Å²) in [6.07, 6.45) is 3.79. The Labute approximate surface area is 140 Å². The van der Waals surface area contributed by atoms with Gasteiger partial charge in [0.15, 0.2) is 0 Å². The van der Waals surface area contributed by atoms with Crippen molar-refractivity contribution in [2.45, 2.75) is 51.7 Å². The number of H-pyrrole nitrogens is 1. The van der Waals surface area contributed by atoms with Gasteiger partial charge in [-0.2, -0.15) is 20.5 Å². The zero-order valence-electron chi connectivity index (χ0n) is 14.4. The van der Waals surface area contributed by atoms with E-state index in [2.05, 4.69) is 34.4 Å². The van der Waals surface area contributed by atoms with Crippen LogP contribution in [0.1, 0.15) is 61.0 Å². The van der Waals surface area contributed by atoms with Crippen LogP contribution in [0.2, 0.25) is 0 Å². The number of aliphatic hydroxyl groups is 1. The fourth-order valence-electron chi connectivity index (χ4n) is 3.35. The molecule has 1 saturated heterocycles. The Morgan fingerprint density at radius 3 is 2.83 bits per heavy atom. The quantitative estimate of drug-likeness (QED) is 0.862. The number of hydrogen-bond acceptors (Lipinski definition) is 5. The minimum Gasteiger partial charge on any atom is -0.381 e. The second kappa shape index (κ2) is 6.35. The lowest BCUT2D eigenvalue weighted by Gasteiger charge is -2.22. The highest BCUT2D eigenvalue weighted by atomic mass is 16.3. The molecule has 1 aliphatic rings. The van der Waals surface area contributed by atoms with Gasteiger partial charge in [0, 0.05) is 13.0 Å². The smallest absolute Gasteiger partial charge is 0.272 e. The lowest BCUT2D eigenvalue weighted by molar-refractivity contribution is 0.0378. The summed E-state index contributed by atoms with van der Waals surface area (Å²) in [6.45, 7) is 6.78. The van der Waals surface area contributed by atoms with Gasteiger partial charge in [-0.25, -0.2) is 0 Å². The molecule has 3 heterocycles. The second-order valence-corrected chi connectivity index (χ2v) is 6.45. The summed E-state index contributed by atoms with van der Waals surface area (Å²) in [5.41, 5.74) is 0.751. The van der Waals surface area contributed by atoms with Gasteiger partial charge in [0.1, 0.15) is 17.0 Å². The number of aryl methyl sites for hydroxylation is 1. The molecular weight excluding hydrogens is 308 g/mol. The van der Waals surface area contributed by atoms with Crippen molar-refractivity contribution in [1.82, 2.24) is 30.1 Å². The van der Waals surface area contributed by atoms with Crippen molar-refractivity contribution >= 4 is 5.91 Å². The van der Waals surface area contributed by atoms with Crippen LogP contribution in [0.25, 0.3) is 0 Å². The van der Waals surface area contributed by atoms with E-state index in [1.807, 2.05) is 17.7 Å². The second-order valence-electron chi connectivity index (χ2n) is 6.45. The molecule has 3 rings (SSSR count). The molecule has 1 amide bonds. The number of carbonyl (C=O) groups is 1. The number of likely N-dealkylation sites (tertiary alicyclic amines) is 1. The molecule has 0 spiro atoms. The summed E-state index contributed by atoms with van der Waals surface area (Å²) < 4.78 is 1.84. The van der Waals surface area contributed by atoms with E-state index in [0.717, 1.165) is 18.5 Å². The van der Waals surface area contributed by atoms with Gasteiger partial charge in [-0.1, -0.05) is 13.8 Å². The molecule has 1 aliphatic heterocycles. The number of carbonyl (C=O) groups excluding carboxylic acids is 1. The summed E-state index contributed by atoms with van der Waals surface area (Å²) in [5, 5.41) is 25.5. The Kier molecular flexibility index (Phi) is 4.40. The fourth-order valence-corrected chi connectivity index (χ4v) is 3.35. The predicted octanol–water partition coefficient (Wildman–Crippen LogP) is 1.40. The highest BCUT2D eigenvalue weighted by Crippen LogP contribution is 2.31. The van der Waals surface area contributed by atoms with E-state index in [4.69, 9.17) is 0 Å². The van der Waals surface area contributed by atoms with Gasteiger partial charge in [0.05, 0.1) is 24.5 Å². The molecule has 24 heavy (non-hydrogen) atoms. The number of nitrogens with one attached hydrogen (secondary N) is 1. The molecule has 130 valence electrons. The van der Waals surface area contributed by atoms with Crippen LogP contribution < -0.4 is 0 Å². The molecule has 0 radical (unpaired) electrons. The number of amides is 1. The zero-order valence-corrected chi connectivity index (χ0v) is 14.4. The van der Waals surface area contributed by atoms with Crippen molar-refractivity contribution in [2.75, 3.05) is 13.1 Å². The Bertz CT molecular complexity index is 706. The summed E-state index contributed by atoms with van der Waals surface area (Å²) in [7, 11) is 0. The minimum absolute atomic E-state index is 0.0954. The lowest BCUT2D eigenvalue weighted by Crippen LogP contribution is -2.36. The predicted molar refractivity (Wildman–Crippen MR) is 87.4 cm³/mol. The van der Waals surface area contributed by atoms with Gasteiger partial charge < -0.3 is 10.0 Å². The van der Waals surface area contributed by atoms with Crippen molar-refractivity contribution in [3.8, 4) is 0 Å². The SMILES string of the molecule is CCC(CC)n1nc(C)cc1C(=O)N1CCC(O)(c2cn[nH]n2)C1. The van der Waals surface area contributed by atoms with Gasteiger partial charge in [-0.05, 0) is 25.8 Å². The van der Waals surface area contributed by atoms with Crippen LogP contribution in [0.5, 0.6) is 0 Å². The lowest BCUT2D eigenvalue weighted by atomic mass is 10.00. The van der Waals surface area contributed by atoms with Crippen LogP contribution >= 0.6 is 0 Å². The zero-order chi connectivity index (χ0) is 17.3. The first-order valence-electron chi connectivity index (χ1n) is 8.42. The van der Waals surface area contributed by atoms with Gasteiger partial charge in [0.25, 0.3) is 5.91 Å². The minimum atomic E-state index is -1.14. The standard InChI is InChI=1S/C16H24N6O2/c1-4-12(5-2)22-13(8-11(3)19-22)15(23)21-7-6-16(24,10-21)14-9-17-20-18-14/h8-9,12,24H,4-7,10H2,1-3H3,(H,17,18,20). The number of hydrogen-bond donors (Lipinski definition) is 2. The van der Waals surface area contributed by atoms with Crippen LogP contribution in [-0.4, -0.2) is 54.2 Å². The topological polar surface area (TPSA) is 99.9 Å². The van der Waals surface area contributed by atoms with Crippen LogP contribution in [0.15, 0.2) is 12.3 Å². The van der Waals surface area contributed by atoms with E-state index >= 15 is 0 Å². The average molecular weight is 332 g/mol. The van der Waals surface area contributed by atoms with Crippen molar-refractivity contribution in [1.29, 1.82) is 0 Å². The van der Waals surface area contributed by atoms with E-state index in [1.54, 1.807) is 4.90 Å². The normalized spacial score (nSPS) is 21.0. The van der Waals surface area contributed by atoms with Crippen LogP contribution in [0.4, 0.5) is 0 Å². The Morgan fingerprint density at radius 2 is 2.21 bits per heavy atom. The molecule has 0 bridgehead atoms. The molecule has 1 fully saturated rings. The molecular formula is C16H24N6O2. The van der Waals surface area contributed by atoms with E-state index in [9.17, 15) is 9.90 Å². The molecule has 8 nitrogen and oxygen atoms in total. The van der Waals surface area contributed by atoms with Crippen molar-refractivity contribution in [3.63, 3.8) is 0 Å². The third kappa shape index (κ3) is 2.82. The van der Waals surface area contributed by atoms with Crippen LogP contribution in [-0.2, 0) is 5.60 Å². The van der Waals surface area contributed by atoms with E-state index in [0.29, 0.717) is 24.4 Å². The van der Waals surface area contributed by atoms with Gasteiger partial charge in [-0.15, -0.1) is 0 Å². The van der Waals surface area contributed by atoms with Crippen molar-refractivity contribution < 1.29 is 9.90 Å². The molecule has 8 heteroatoms. The maximum Gasteiger partial charge on any atom is 0.272 e. The molecule has 1 atom stereocenters. The summed E-state index contributed by atoms with van der Waals surface area (Å²) in [4.78, 5) is 14.7. The number of rotatable bonds is 5. The number of aromatic amines is 1. The third-order valence-corrected chi connectivity index (χ3v) is 4.79. The third-order valence-electron chi connectivity index (χ3n) is 4.79. The van der Waals surface area contributed by atoms with Gasteiger partial charge >= 0.3 is 0 Å². The first-order valence-corrected chi connectivity index (χ1v) is 8.42. The van der Waals surface area contributed by atoms with Gasteiger partial charge in [0.2, 0.25) is 0 Å². The summed E-state index contributed by atoms with van der Waals surface area (Å²) in [5.74, 6) is -0.0954. The Hall–Kier alpha value is -2.22. The Morgan fingerprint density at radius 1 is 1.46 bits per heavy atom. The van der Waals surface area contributed by atoms with Crippen molar-refractivity contribution in [2.24, 2.45) is 0 Å². The average Bonchev–Trinajstić information content (AvgIpc) is 3.28. The highest BCUT2D eigenvalue weighted by molar-refractivity contribution is 5.93. The fraction of sp³-hybridized carbons (Fsp3) is 0.625. The first kappa shape index (κ1) is 16.6. The molecule has 1 unspecified atom stereocenters. The van der Waals surface area contributed by atoms with Crippen LogP contribution in [0, 0.1) is 6.92 Å². The monoisotopic (exact) mass is 332 g/mol. The van der Waals surface area contributed by atoms with E-state index in [-0.39, 0.29) is 18.5 Å². The molecule has 0 aliphatic carbocycles. The first-order chi connectivity index (χ1) is 11.5. The van der Waals surface area contributed by atoms with E-state index in [1.165, 1.54) is 6.20 Å². The molecule has 2 N–H and O–H groups in total. The maximum absolute atomic E-state index is 13.0. The summed E-state index contributed by atoms with van der Waals surface area (Å²) in [6, 6.07) is 2.03. The highest BCUT2D eigenvalue weighted by Gasteiger charge is 2.42. The van der Waals surface area contributed by atoms with Crippen LogP contribution in [0.3, 0.4) is 0 Å². The molecule has 0 saturated carbocycles. The Balaban J connectivity index is 1.83. The number of aromatic nitrogens is 5. The van der Waals surface area contributed by atoms with Crippen molar-refractivity contribution in [3.05, 3.63) is 29.3 Å². The van der Waals surface area contributed by atoms with E-state index < -0.39 is 5.60 Å². The molecule has 0 aromatic carbocycles. The molecule has 2 aromatic rings. The van der Waals surface area contributed by atoms with Gasteiger partial charge in [-0.3, -0.25) is 9.48 Å². The molecule has 2 aromatic heterocycles. The maximum atomic E-state index is 13.0. The summed E-state index contributed by atoms with van der Waals surface area (Å²) >= 11 is 0. The largest absolute Gasteiger partial charge is 0.381 e.